The predicted octanol–water partition coefficient (Wildman–Crippen LogP) is 1.57. The molecular formula is C14H19NO5S. The van der Waals surface area contributed by atoms with Crippen molar-refractivity contribution in [1.29, 1.82) is 0 Å². The van der Waals surface area contributed by atoms with Gasteiger partial charge in [0.05, 0.1) is 16.6 Å². The summed E-state index contributed by atoms with van der Waals surface area (Å²) in [5, 5.41) is 9.12. The van der Waals surface area contributed by atoms with Crippen molar-refractivity contribution in [2.45, 2.75) is 30.3 Å². The predicted molar refractivity (Wildman–Crippen MR) is 76.8 cm³/mol. The van der Waals surface area contributed by atoms with Crippen molar-refractivity contribution >= 4 is 16.0 Å². The van der Waals surface area contributed by atoms with Crippen LogP contribution in [-0.2, 0) is 14.8 Å². The number of nitrogens with zero attached hydrogens (tertiary/aromatic N) is 1. The van der Waals surface area contributed by atoms with Crippen LogP contribution in [0.3, 0.4) is 0 Å². The number of hydrogen-bond acceptors (Lipinski definition) is 4. The number of carbonyl (C=O) groups is 1. The van der Waals surface area contributed by atoms with Crippen LogP contribution in [0.1, 0.15) is 29.6 Å². The van der Waals surface area contributed by atoms with Crippen LogP contribution in [0.25, 0.3) is 0 Å². The van der Waals surface area contributed by atoms with E-state index in [1.165, 1.54) is 35.6 Å². The smallest absolute Gasteiger partial charge is 0.337 e. The highest BCUT2D eigenvalue weighted by molar-refractivity contribution is 7.89. The lowest BCUT2D eigenvalue weighted by molar-refractivity contribution is 0.00858. The molecule has 6 nitrogen and oxygen atoms in total. The van der Waals surface area contributed by atoms with E-state index in [-0.39, 0.29) is 23.1 Å². The van der Waals surface area contributed by atoms with Crippen LogP contribution < -0.4 is 0 Å². The zero-order chi connectivity index (χ0) is 15.5. The minimum atomic E-state index is -3.84. The van der Waals surface area contributed by atoms with E-state index in [9.17, 15) is 13.2 Å². The van der Waals surface area contributed by atoms with Gasteiger partial charge in [-0.2, -0.15) is 4.31 Å². The van der Waals surface area contributed by atoms with Gasteiger partial charge in [-0.25, -0.2) is 13.2 Å². The minimum absolute atomic E-state index is 0.129. The number of carboxylic acids is 1. The fraction of sp³-hybridized carbons (Fsp3) is 0.500. The Kier molecular flexibility index (Phi) is 4.97. The normalized spacial score (nSPS) is 19.6. The maximum atomic E-state index is 12.5. The van der Waals surface area contributed by atoms with Gasteiger partial charge in [-0.05, 0) is 31.4 Å². The Bertz CT molecular complexity index is 608. The van der Waals surface area contributed by atoms with Gasteiger partial charge in [0.2, 0.25) is 10.0 Å². The molecule has 0 amide bonds. The fourth-order valence-corrected chi connectivity index (χ4v) is 3.75. The standard InChI is InChI=1S/C14H19NO5S/c1-15(10-11-6-4-5-9-20-11)21(18,19)13-8-3-2-7-12(13)14(16)17/h2-3,7-8,11H,4-6,9-10H2,1H3,(H,16,17). The third kappa shape index (κ3) is 3.61. The molecule has 1 heterocycles. The maximum absolute atomic E-state index is 12.5. The summed E-state index contributed by atoms with van der Waals surface area (Å²) in [5.41, 5.74) is -0.214. The SMILES string of the molecule is CN(CC1CCCCO1)S(=O)(=O)c1ccccc1C(=O)O. The zero-order valence-electron chi connectivity index (χ0n) is 11.9. The van der Waals surface area contributed by atoms with Crippen molar-refractivity contribution in [2.75, 3.05) is 20.2 Å². The Morgan fingerprint density at radius 1 is 1.38 bits per heavy atom. The monoisotopic (exact) mass is 313 g/mol. The summed E-state index contributed by atoms with van der Waals surface area (Å²) >= 11 is 0. The van der Waals surface area contributed by atoms with E-state index in [0.29, 0.717) is 6.61 Å². The van der Waals surface area contributed by atoms with E-state index in [4.69, 9.17) is 9.84 Å². The van der Waals surface area contributed by atoms with Crippen LogP contribution in [0.2, 0.25) is 0 Å². The lowest BCUT2D eigenvalue weighted by atomic mass is 10.1. The Morgan fingerprint density at radius 3 is 2.71 bits per heavy atom. The summed E-state index contributed by atoms with van der Waals surface area (Å²) in [6.07, 6.45) is 2.70. The number of sulfonamides is 1. The van der Waals surface area contributed by atoms with Crippen LogP contribution in [-0.4, -0.2) is 50.1 Å². The number of likely N-dealkylation sites (N-methyl/N-ethyl adjacent to an activating group) is 1. The van der Waals surface area contributed by atoms with Gasteiger partial charge in [-0.15, -0.1) is 0 Å². The highest BCUT2D eigenvalue weighted by Crippen LogP contribution is 2.21. The molecule has 0 radical (unpaired) electrons. The van der Waals surface area contributed by atoms with Gasteiger partial charge in [0.1, 0.15) is 0 Å². The third-order valence-electron chi connectivity index (χ3n) is 3.54. The molecule has 21 heavy (non-hydrogen) atoms. The molecule has 0 spiro atoms. The van der Waals surface area contributed by atoms with E-state index in [0.717, 1.165) is 19.3 Å². The summed E-state index contributed by atoms with van der Waals surface area (Å²) in [6, 6.07) is 5.63. The largest absolute Gasteiger partial charge is 0.478 e. The molecule has 0 bridgehead atoms. The summed E-state index contributed by atoms with van der Waals surface area (Å²) in [5.74, 6) is -1.25. The summed E-state index contributed by atoms with van der Waals surface area (Å²) in [7, 11) is -2.39. The van der Waals surface area contributed by atoms with E-state index < -0.39 is 16.0 Å². The van der Waals surface area contributed by atoms with E-state index >= 15 is 0 Å². The number of hydrogen-bond donors (Lipinski definition) is 1. The van der Waals surface area contributed by atoms with Crippen molar-refractivity contribution in [2.24, 2.45) is 0 Å². The van der Waals surface area contributed by atoms with Gasteiger partial charge >= 0.3 is 5.97 Å². The molecule has 1 aliphatic rings. The first-order chi connectivity index (χ1) is 9.93. The molecule has 7 heteroatoms. The van der Waals surface area contributed by atoms with Crippen molar-refractivity contribution in [3.05, 3.63) is 29.8 Å². The number of carboxylic acid groups (broad SMARTS) is 1. The van der Waals surface area contributed by atoms with Crippen LogP contribution in [0, 0.1) is 0 Å². The Balaban J connectivity index is 2.22. The first-order valence-corrected chi connectivity index (χ1v) is 8.27. The molecule has 2 rings (SSSR count). The van der Waals surface area contributed by atoms with E-state index in [1.807, 2.05) is 0 Å². The molecule has 1 unspecified atom stereocenters. The molecule has 1 N–H and O–H groups in total. The van der Waals surface area contributed by atoms with Crippen LogP contribution in [0.4, 0.5) is 0 Å². The van der Waals surface area contributed by atoms with Crippen LogP contribution in [0.5, 0.6) is 0 Å². The zero-order valence-corrected chi connectivity index (χ0v) is 12.7. The molecule has 1 aliphatic heterocycles. The summed E-state index contributed by atoms with van der Waals surface area (Å²) < 4.78 is 31.8. The fourth-order valence-electron chi connectivity index (χ4n) is 2.37. The van der Waals surface area contributed by atoms with E-state index in [2.05, 4.69) is 0 Å². The van der Waals surface area contributed by atoms with Crippen LogP contribution >= 0.6 is 0 Å². The number of ether oxygens (including phenoxy) is 1. The first-order valence-electron chi connectivity index (χ1n) is 6.83. The Morgan fingerprint density at radius 2 is 2.10 bits per heavy atom. The average Bonchev–Trinajstić information content (AvgIpc) is 2.48. The molecule has 0 aliphatic carbocycles. The average molecular weight is 313 g/mol. The molecule has 1 fully saturated rings. The first kappa shape index (κ1) is 15.9. The van der Waals surface area contributed by atoms with Gasteiger partial charge in [-0.3, -0.25) is 0 Å². The van der Waals surface area contributed by atoms with Gasteiger partial charge in [0.15, 0.2) is 0 Å². The molecular weight excluding hydrogens is 294 g/mol. The van der Waals surface area contributed by atoms with E-state index in [1.54, 1.807) is 0 Å². The maximum Gasteiger partial charge on any atom is 0.337 e. The molecule has 0 saturated carbocycles. The summed E-state index contributed by atoms with van der Waals surface area (Å²) in [6.45, 7) is 0.876. The quantitative estimate of drug-likeness (QED) is 0.892. The van der Waals surface area contributed by atoms with Gasteiger partial charge in [0, 0.05) is 20.2 Å². The second kappa shape index (κ2) is 6.55. The molecule has 1 saturated heterocycles. The lowest BCUT2D eigenvalue weighted by Gasteiger charge is -2.27. The number of aromatic carboxylic acids is 1. The second-order valence-corrected chi connectivity index (χ2v) is 7.09. The molecule has 1 atom stereocenters. The van der Waals surface area contributed by atoms with Gasteiger partial charge in [0.25, 0.3) is 0 Å². The van der Waals surface area contributed by atoms with Crippen molar-refractivity contribution in [3.8, 4) is 0 Å². The van der Waals surface area contributed by atoms with Gasteiger partial charge in [-0.1, -0.05) is 12.1 Å². The summed E-state index contributed by atoms with van der Waals surface area (Å²) in [4.78, 5) is 11.0. The molecule has 116 valence electrons. The minimum Gasteiger partial charge on any atom is -0.478 e. The lowest BCUT2D eigenvalue weighted by Crippen LogP contribution is -2.37. The van der Waals surface area contributed by atoms with Crippen molar-refractivity contribution < 1.29 is 23.1 Å². The highest BCUT2D eigenvalue weighted by atomic mass is 32.2. The molecule has 1 aromatic rings. The third-order valence-corrected chi connectivity index (χ3v) is 5.42. The van der Waals surface area contributed by atoms with Crippen LogP contribution in [0.15, 0.2) is 29.2 Å². The number of benzene rings is 1. The number of rotatable bonds is 5. The van der Waals surface area contributed by atoms with Crippen molar-refractivity contribution in [1.82, 2.24) is 4.31 Å². The highest BCUT2D eigenvalue weighted by Gasteiger charge is 2.28. The van der Waals surface area contributed by atoms with Crippen molar-refractivity contribution in [3.63, 3.8) is 0 Å². The second-order valence-electron chi connectivity index (χ2n) is 5.08. The van der Waals surface area contributed by atoms with Gasteiger partial charge < -0.3 is 9.84 Å². The topological polar surface area (TPSA) is 83.9 Å². The molecule has 0 aromatic heterocycles. The Labute approximate surface area is 124 Å². The molecule has 1 aromatic carbocycles. The Hall–Kier alpha value is -1.44.